The van der Waals surface area contributed by atoms with Crippen molar-refractivity contribution in [1.29, 1.82) is 0 Å². The van der Waals surface area contributed by atoms with Crippen molar-refractivity contribution in [3.8, 4) is 11.5 Å². The molecule has 0 bridgehead atoms. The molecule has 0 saturated carbocycles. The number of hydrogen-bond acceptors (Lipinski definition) is 6. The molecule has 0 radical (unpaired) electrons. The molecule has 138 valence electrons. The Morgan fingerprint density at radius 3 is 2.44 bits per heavy atom. The van der Waals surface area contributed by atoms with Gasteiger partial charge < -0.3 is 20.5 Å². The van der Waals surface area contributed by atoms with E-state index < -0.39 is 0 Å². The van der Waals surface area contributed by atoms with Crippen molar-refractivity contribution in [2.75, 3.05) is 17.7 Å². The third-order valence-corrected chi connectivity index (χ3v) is 3.58. The van der Waals surface area contributed by atoms with Gasteiger partial charge in [0.05, 0.1) is 0 Å². The summed E-state index contributed by atoms with van der Waals surface area (Å²) in [5, 5.41) is 11.7. The Balaban J connectivity index is 1.50. The Bertz CT molecular complexity index is 908. The van der Waals surface area contributed by atoms with E-state index in [1.165, 1.54) is 7.05 Å². The smallest absolute Gasteiger partial charge is 0.318 e. The molecule has 9 heteroatoms. The lowest BCUT2D eigenvalue weighted by molar-refractivity contribution is -0.116. The number of aromatic nitrogens is 3. The summed E-state index contributed by atoms with van der Waals surface area (Å²) in [6, 6.07) is 11.9. The van der Waals surface area contributed by atoms with Gasteiger partial charge in [-0.1, -0.05) is 11.2 Å². The highest BCUT2D eigenvalue weighted by atomic mass is 16.5. The highest BCUT2D eigenvalue weighted by molar-refractivity contribution is 5.92. The highest BCUT2D eigenvalue weighted by Crippen LogP contribution is 2.15. The number of benzene rings is 1. The van der Waals surface area contributed by atoms with Gasteiger partial charge in [0.1, 0.15) is 5.69 Å². The Morgan fingerprint density at radius 2 is 1.78 bits per heavy atom. The predicted octanol–water partition coefficient (Wildman–Crippen LogP) is 2.45. The Hall–Kier alpha value is -3.75. The molecule has 3 amide bonds. The highest BCUT2D eigenvalue weighted by Gasteiger charge is 2.11. The van der Waals surface area contributed by atoms with Crippen LogP contribution in [0.2, 0.25) is 0 Å². The van der Waals surface area contributed by atoms with Crippen molar-refractivity contribution >= 4 is 23.3 Å². The predicted molar refractivity (Wildman–Crippen MR) is 99.0 cm³/mol. The largest absolute Gasteiger partial charge is 0.341 e. The van der Waals surface area contributed by atoms with Gasteiger partial charge in [-0.2, -0.15) is 4.98 Å². The summed E-state index contributed by atoms with van der Waals surface area (Å²) in [6.07, 6.45) is 2.17. The van der Waals surface area contributed by atoms with Gasteiger partial charge in [-0.3, -0.25) is 9.78 Å². The minimum atomic E-state index is -0.309. The van der Waals surface area contributed by atoms with E-state index in [1.807, 2.05) is 6.07 Å². The molecule has 0 aliphatic heterocycles. The van der Waals surface area contributed by atoms with Gasteiger partial charge in [-0.15, -0.1) is 0 Å². The van der Waals surface area contributed by atoms with Crippen LogP contribution in [0.5, 0.6) is 0 Å². The van der Waals surface area contributed by atoms with Crippen LogP contribution in [0, 0.1) is 0 Å². The fourth-order valence-corrected chi connectivity index (χ4v) is 2.23. The second kappa shape index (κ2) is 8.56. The number of nitrogens with zero attached hydrogens (tertiary/aromatic N) is 3. The number of aryl methyl sites for hydroxylation is 1. The summed E-state index contributed by atoms with van der Waals surface area (Å²) >= 11 is 0. The molecule has 2 heterocycles. The molecule has 0 fully saturated rings. The molecule has 1 aromatic carbocycles. The quantitative estimate of drug-likeness (QED) is 0.616. The molecule has 3 rings (SSSR count). The average molecular weight is 366 g/mol. The van der Waals surface area contributed by atoms with Crippen molar-refractivity contribution in [2.24, 2.45) is 0 Å². The minimum absolute atomic E-state index is 0.181. The van der Waals surface area contributed by atoms with E-state index >= 15 is 0 Å². The first-order valence-corrected chi connectivity index (χ1v) is 8.26. The van der Waals surface area contributed by atoms with Crippen molar-refractivity contribution in [2.45, 2.75) is 12.8 Å². The van der Waals surface area contributed by atoms with Gasteiger partial charge in [-0.25, -0.2) is 4.79 Å². The number of pyridine rings is 1. The number of nitrogens with one attached hydrogen (secondary N) is 3. The van der Waals surface area contributed by atoms with Crippen LogP contribution in [0.1, 0.15) is 12.3 Å². The topological polar surface area (TPSA) is 122 Å². The van der Waals surface area contributed by atoms with E-state index in [0.29, 0.717) is 35.2 Å². The molecule has 0 aliphatic rings. The van der Waals surface area contributed by atoms with E-state index in [0.717, 1.165) is 0 Å². The fourth-order valence-electron chi connectivity index (χ4n) is 2.23. The fraction of sp³-hybridized carbons (Fsp3) is 0.167. The monoisotopic (exact) mass is 366 g/mol. The van der Waals surface area contributed by atoms with Crippen molar-refractivity contribution in [3.63, 3.8) is 0 Å². The van der Waals surface area contributed by atoms with Crippen LogP contribution in [0.25, 0.3) is 11.5 Å². The number of amides is 3. The zero-order valence-corrected chi connectivity index (χ0v) is 14.6. The third kappa shape index (κ3) is 5.11. The van der Waals surface area contributed by atoms with Gasteiger partial charge in [0, 0.05) is 37.5 Å². The van der Waals surface area contributed by atoms with Crippen LogP contribution in [0.4, 0.5) is 16.2 Å². The van der Waals surface area contributed by atoms with Gasteiger partial charge in [-0.05, 0) is 36.4 Å². The van der Waals surface area contributed by atoms with Crippen LogP contribution in [0.15, 0.2) is 53.2 Å². The lowest BCUT2D eigenvalue weighted by Crippen LogP contribution is -2.24. The van der Waals surface area contributed by atoms with E-state index in [4.69, 9.17) is 4.52 Å². The molecular weight excluding hydrogens is 348 g/mol. The zero-order chi connectivity index (χ0) is 19.1. The van der Waals surface area contributed by atoms with E-state index in [1.54, 1.807) is 42.6 Å². The van der Waals surface area contributed by atoms with E-state index in [2.05, 4.69) is 31.1 Å². The first-order valence-electron chi connectivity index (χ1n) is 8.26. The van der Waals surface area contributed by atoms with Gasteiger partial charge in [0.2, 0.25) is 17.6 Å². The molecule has 0 atom stereocenters. The number of rotatable bonds is 6. The number of urea groups is 1. The summed E-state index contributed by atoms with van der Waals surface area (Å²) in [4.78, 5) is 31.7. The number of anilines is 2. The first-order chi connectivity index (χ1) is 13.1. The molecular formula is C18H18N6O3. The second-order valence-electron chi connectivity index (χ2n) is 5.56. The number of hydrogen-bond donors (Lipinski definition) is 3. The van der Waals surface area contributed by atoms with Crippen LogP contribution < -0.4 is 16.0 Å². The van der Waals surface area contributed by atoms with Crippen molar-refractivity contribution in [3.05, 3.63) is 54.6 Å². The molecule has 0 aliphatic carbocycles. The molecule has 27 heavy (non-hydrogen) atoms. The Kier molecular flexibility index (Phi) is 5.73. The third-order valence-electron chi connectivity index (χ3n) is 3.58. The molecule has 3 aromatic rings. The summed E-state index contributed by atoms with van der Waals surface area (Å²) in [7, 11) is 1.53. The maximum atomic E-state index is 12.1. The average Bonchev–Trinajstić information content (AvgIpc) is 3.17. The molecule has 0 saturated heterocycles. The zero-order valence-electron chi connectivity index (χ0n) is 14.6. The van der Waals surface area contributed by atoms with Gasteiger partial charge >= 0.3 is 6.03 Å². The van der Waals surface area contributed by atoms with E-state index in [-0.39, 0.29) is 18.4 Å². The second-order valence-corrected chi connectivity index (χ2v) is 5.56. The minimum Gasteiger partial charge on any atom is -0.341 e. The number of carbonyl (C=O) groups excluding carboxylic acids is 2. The Morgan fingerprint density at radius 1 is 1.04 bits per heavy atom. The first kappa shape index (κ1) is 18.1. The number of carbonyl (C=O) groups is 2. The normalized spacial score (nSPS) is 10.3. The lowest BCUT2D eigenvalue weighted by Gasteiger charge is -2.07. The molecule has 3 N–H and O–H groups in total. The lowest BCUT2D eigenvalue weighted by atomic mass is 10.2. The molecule has 9 nitrogen and oxygen atoms in total. The summed E-state index contributed by atoms with van der Waals surface area (Å²) in [5.41, 5.74) is 1.87. The summed E-state index contributed by atoms with van der Waals surface area (Å²) in [5.74, 6) is 0.584. The Labute approximate surface area is 155 Å². The molecule has 2 aromatic heterocycles. The van der Waals surface area contributed by atoms with Crippen LogP contribution in [-0.4, -0.2) is 34.1 Å². The SMILES string of the molecule is CNC(=O)Nc1ccc(NC(=O)CCc2nc(-c3ccccn3)no2)cc1. The maximum Gasteiger partial charge on any atom is 0.318 e. The molecule has 0 spiro atoms. The summed E-state index contributed by atoms with van der Waals surface area (Å²) in [6.45, 7) is 0. The van der Waals surface area contributed by atoms with Gasteiger partial charge in [0.15, 0.2) is 0 Å². The molecule has 0 unspecified atom stereocenters. The van der Waals surface area contributed by atoms with E-state index in [9.17, 15) is 9.59 Å². The van der Waals surface area contributed by atoms with Crippen molar-refractivity contribution < 1.29 is 14.1 Å². The van der Waals surface area contributed by atoms with Crippen LogP contribution in [-0.2, 0) is 11.2 Å². The van der Waals surface area contributed by atoms with Crippen LogP contribution in [0.3, 0.4) is 0 Å². The van der Waals surface area contributed by atoms with Crippen LogP contribution >= 0.6 is 0 Å². The van der Waals surface area contributed by atoms with Gasteiger partial charge in [0.25, 0.3) is 0 Å². The summed E-state index contributed by atoms with van der Waals surface area (Å²) < 4.78 is 5.16. The maximum absolute atomic E-state index is 12.1. The standard InChI is InChI=1S/C18H18N6O3/c1-19-18(26)22-13-7-5-12(6-8-13)21-15(25)9-10-16-23-17(24-27-16)14-4-2-3-11-20-14/h2-8,11H,9-10H2,1H3,(H,21,25)(H2,19,22,26). The van der Waals surface area contributed by atoms with Crippen molar-refractivity contribution in [1.82, 2.24) is 20.4 Å².